The summed E-state index contributed by atoms with van der Waals surface area (Å²) in [4.78, 5) is 52.5. The van der Waals surface area contributed by atoms with Gasteiger partial charge in [-0.1, -0.05) is 43.3 Å². The minimum atomic E-state index is -0.777. The van der Waals surface area contributed by atoms with Gasteiger partial charge in [0.2, 0.25) is 0 Å². The lowest BCUT2D eigenvalue weighted by Gasteiger charge is -2.30. The van der Waals surface area contributed by atoms with Gasteiger partial charge in [0.15, 0.2) is 18.2 Å². The van der Waals surface area contributed by atoms with Crippen LogP contribution >= 0.6 is 0 Å². The molecule has 1 heterocycles. The molecule has 2 aromatic rings. The van der Waals surface area contributed by atoms with Crippen LogP contribution in [0.5, 0.6) is 0 Å². The predicted molar refractivity (Wildman–Crippen MR) is 105 cm³/mol. The second-order valence-electron chi connectivity index (χ2n) is 7.60. The molecular formula is C23H21NO5. The van der Waals surface area contributed by atoms with E-state index in [4.69, 9.17) is 4.74 Å². The third-order valence-electron chi connectivity index (χ3n) is 5.51. The first-order valence-electron chi connectivity index (χ1n) is 9.73. The fraction of sp³-hybridized carbons (Fsp3) is 0.304. The van der Waals surface area contributed by atoms with E-state index < -0.39 is 5.97 Å². The third-order valence-corrected chi connectivity index (χ3v) is 5.51. The van der Waals surface area contributed by atoms with E-state index in [0.717, 1.165) is 12.8 Å². The zero-order chi connectivity index (χ0) is 20.5. The van der Waals surface area contributed by atoms with Crippen LogP contribution in [0.25, 0.3) is 0 Å². The molecule has 1 amide bonds. The monoisotopic (exact) mass is 391 g/mol. The summed E-state index contributed by atoms with van der Waals surface area (Å²) in [5, 5.41) is 0. The Balaban J connectivity index is 1.55. The van der Waals surface area contributed by atoms with Crippen LogP contribution in [-0.4, -0.2) is 48.0 Å². The minimum Gasteiger partial charge on any atom is -0.452 e. The van der Waals surface area contributed by atoms with Gasteiger partial charge in [-0.25, -0.2) is 4.79 Å². The Bertz CT molecular complexity index is 1030. The van der Waals surface area contributed by atoms with Gasteiger partial charge in [0.05, 0.1) is 5.56 Å². The van der Waals surface area contributed by atoms with Crippen LogP contribution < -0.4 is 0 Å². The maximum atomic E-state index is 13.0. The Kier molecular flexibility index (Phi) is 5.01. The fourth-order valence-corrected chi connectivity index (χ4v) is 4.03. The number of benzene rings is 2. The van der Waals surface area contributed by atoms with Crippen LogP contribution in [0.1, 0.15) is 62.0 Å². The summed E-state index contributed by atoms with van der Waals surface area (Å²) in [6, 6.07) is 11.1. The summed E-state index contributed by atoms with van der Waals surface area (Å²) in [5.74, 6) is -1.29. The van der Waals surface area contributed by atoms with Crippen LogP contribution in [0, 0.1) is 5.92 Å². The van der Waals surface area contributed by atoms with E-state index >= 15 is 0 Å². The first kappa shape index (κ1) is 19.1. The number of carbonyl (C=O) groups is 4. The molecule has 6 heteroatoms. The number of amides is 1. The summed E-state index contributed by atoms with van der Waals surface area (Å²) >= 11 is 0. The van der Waals surface area contributed by atoms with Crippen LogP contribution in [0.3, 0.4) is 0 Å². The smallest absolute Gasteiger partial charge is 0.339 e. The maximum absolute atomic E-state index is 13.0. The van der Waals surface area contributed by atoms with E-state index in [2.05, 4.69) is 6.92 Å². The Morgan fingerprint density at radius 1 is 1.00 bits per heavy atom. The number of piperidine rings is 1. The molecule has 0 bridgehead atoms. The molecule has 0 aromatic heterocycles. The molecule has 0 saturated carbocycles. The molecule has 0 unspecified atom stereocenters. The van der Waals surface area contributed by atoms with Crippen molar-refractivity contribution in [1.82, 2.24) is 4.90 Å². The Labute approximate surface area is 168 Å². The number of hydrogen-bond acceptors (Lipinski definition) is 5. The average Bonchev–Trinajstić information content (AvgIpc) is 2.75. The van der Waals surface area contributed by atoms with Crippen LogP contribution in [0.2, 0.25) is 0 Å². The average molecular weight is 391 g/mol. The zero-order valence-corrected chi connectivity index (χ0v) is 16.1. The molecule has 4 rings (SSSR count). The van der Waals surface area contributed by atoms with Gasteiger partial charge in [-0.05, 0) is 24.8 Å². The van der Waals surface area contributed by atoms with Crippen molar-refractivity contribution in [1.29, 1.82) is 0 Å². The van der Waals surface area contributed by atoms with Gasteiger partial charge in [0, 0.05) is 35.3 Å². The fourth-order valence-electron chi connectivity index (χ4n) is 4.03. The molecule has 0 radical (unpaired) electrons. The van der Waals surface area contributed by atoms with E-state index in [9.17, 15) is 19.2 Å². The van der Waals surface area contributed by atoms with Gasteiger partial charge < -0.3 is 9.64 Å². The van der Waals surface area contributed by atoms with Gasteiger partial charge >= 0.3 is 5.97 Å². The van der Waals surface area contributed by atoms with Crippen molar-refractivity contribution in [2.24, 2.45) is 5.92 Å². The van der Waals surface area contributed by atoms with Crippen molar-refractivity contribution in [3.05, 3.63) is 70.3 Å². The SMILES string of the molecule is C[C@@H]1CCCN(C(=O)COC(=O)c2cccc3c2C(=O)c2ccccc2C3=O)C1. The van der Waals surface area contributed by atoms with E-state index in [-0.39, 0.29) is 46.3 Å². The van der Waals surface area contributed by atoms with Crippen molar-refractivity contribution in [2.45, 2.75) is 19.8 Å². The molecule has 1 saturated heterocycles. The molecule has 1 atom stereocenters. The highest BCUT2D eigenvalue weighted by Crippen LogP contribution is 2.29. The molecule has 2 aromatic carbocycles. The van der Waals surface area contributed by atoms with Crippen molar-refractivity contribution in [3.8, 4) is 0 Å². The lowest BCUT2D eigenvalue weighted by molar-refractivity contribution is -0.136. The summed E-state index contributed by atoms with van der Waals surface area (Å²) in [6.07, 6.45) is 2.01. The van der Waals surface area contributed by atoms with Crippen LogP contribution in [-0.2, 0) is 9.53 Å². The number of ketones is 2. The number of hydrogen-bond donors (Lipinski definition) is 0. The zero-order valence-electron chi connectivity index (χ0n) is 16.1. The molecule has 0 N–H and O–H groups in total. The number of carbonyl (C=O) groups excluding carboxylic acids is 4. The normalized spacial score (nSPS) is 18.1. The number of esters is 1. The Morgan fingerprint density at radius 3 is 2.41 bits per heavy atom. The standard InChI is InChI=1S/C23H21NO5/c1-14-6-5-11-24(12-14)19(25)13-29-23(28)18-10-4-9-17-20(18)22(27)16-8-3-2-7-15(16)21(17)26/h2-4,7-10,14H,5-6,11-13H2,1H3/t14-/m1/s1. The third kappa shape index (κ3) is 3.46. The van der Waals surface area contributed by atoms with Crippen molar-refractivity contribution in [2.75, 3.05) is 19.7 Å². The van der Waals surface area contributed by atoms with Crippen molar-refractivity contribution < 1.29 is 23.9 Å². The van der Waals surface area contributed by atoms with E-state index in [0.29, 0.717) is 24.6 Å². The van der Waals surface area contributed by atoms with Crippen molar-refractivity contribution >= 4 is 23.4 Å². The lowest BCUT2D eigenvalue weighted by atomic mass is 9.82. The Hall–Kier alpha value is -3.28. The quantitative estimate of drug-likeness (QED) is 0.642. The molecular weight excluding hydrogens is 370 g/mol. The number of fused-ring (bicyclic) bond motifs is 2. The van der Waals surface area contributed by atoms with Crippen molar-refractivity contribution in [3.63, 3.8) is 0 Å². The molecule has 148 valence electrons. The first-order valence-corrected chi connectivity index (χ1v) is 9.73. The molecule has 29 heavy (non-hydrogen) atoms. The first-order chi connectivity index (χ1) is 14.0. The predicted octanol–water partition coefficient (Wildman–Crippen LogP) is 2.88. The number of ether oxygens (including phenoxy) is 1. The number of rotatable bonds is 3. The molecule has 1 aliphatic carbocycles. The Morgan fingerprint density at radius 2 is 1.69 bits per heavy atom. The molecule has 1 aliphatic heterocycles. The van der Waals surface area contributed by atoms with Gasteiger partial charge in [-0.3, -0.25) is 14.4 Å². The molecule has 0 spiro atoms. The van der Waals surface area contributed by atoms with Crippen LogP contribution in [0.4, 0.5) is 0 Å². The molecule has 6 nitrogen and oxygen atoms in total. The largest absolute Gasteiger partial charge is 0.452 e. The summed E-state index contributed by atoms with van der Waals surface area (Å²) in [6.45, 7) is 3.02. The summed E-state index contributed by atoms with van der Waals surface area (Å²) in [5.41, 5.74) is 0.822. The van der Waals surface area contributed by atoms with Crippen LogP contribution in [0.15, 0.2) is 42.5 Å². The van der Waals surface area contributed by atoms with E-state index in [1.165, 1.54) is 12.1 Å². The maximum Gasteiger partial charge on any atom is 0.339 e. The second-order valence-corrected chi connectivity index (χ2v) is 7.60. The van der Waals surface area contributed by atoms with E-state index in [1.807, 2.05) is 0 Å². The molecule has 2 aliphatic rings. The summed E-state index contributed by atoms with van der Waals surface area (Å²) in [7, 11) is 0. The molecule has 1 fully saturated rings. The highest BCUT2D eigenvalue weighted by Gasteiger charge is 2.33. The van der Waals surface area contributed by atoms with E-state index in [1.54, 1.807) is 35.2 Å². The second kappa shape index (κ2) is 7.62. The minimum absolute atomic E-state index is 0.00941. The summed E-state index contributed by atoms with van der Waals surface area (Å²) < 4.78 is 5.22. The highest BCUT2D eigenvalue weighted by molar-refractivity contribution is 6.30. The van der Waals surface area contributed by atoms with Gasteiger partial charge in [-0.15, -0.1) is 0 Å². The lowest BCUT2D eigenvalue weighted by Crippen LogP contribution is -2.41. The topological polar surface area (TPSA) is 80.8 Å². The highest BCUT2D eigenvalue weighted by atomic mass is 16.5. The number of nitrogens with zero attached hydrogens (tertiary/aromatic N) is 1. The number of likely N-dealkylation sites (tertiary alicyclic amines) is 1. The van der Waals surface area contributed by atoms with Gasteiger partial charge in [-0.2, -0.15) is 0 Å². The van der Waals surface area contributed by atoms with Gasteiger partial charge in [0.25, 0.3) is 5.91 Å². The van der Waals surface area contributed by atoms with Gasteiger partial charge in [0.1, 0.15) is 0 Å².